The van der Waals surface area contributed by atoms with Gasteiger partial charge in [0.25, 0.3) is 5.56 Å². The van der Waals surface area contributed by atoms with Crippen LogP contribution in [0.3, 0.4) is 0 Å². The number of rotatable bonds is 7. The number of aromatic nitrogens is 2. The van der Waals surface area contributed by atoms with Gasteiger partial charge in [-0.3, -0.25) is 19.5 Å². The highest BCUT2D eigenvalue weighted by molar-refractivity contribution is 5.82. The molecule has 2 aliphatic heterocycles. The molecule has 0 spiro atoms. The van der Waals surface area contributed by atoms with Gasteiger partial charge in [-0.25, -0.2) is 0 Å². The molecule has 4 rings (SSSR count). The number of allylic oxidation sites excluding steroid dienone is 1. The number of nitrogens with zero attached hydrogens (tertiary/aromatic N) is 3. The van der Waals surface area contributed by atoms with Crippen molar-refractivity contribution >= 4 is 12.0 Å². The number of fused-ring (bicyclic) bond motifs is 3. The minimum absolute atomic E-state index is 0.00685. The normalized spacial score (nSPS) is 25.0. The number of pyridine rings is 2. The third-order valence-corrected chi connectivity index (χ3v) is 6.47. The van der Waals surface area contributed by atoms with Gasteiger partial charge in [-0.05, 0) is 37.1 Å². The summed E-state index contributed by atoms with van der Waals surface area (Å²) in [6, 6.07) is 7.17. The minimum atomic E-state index is -0.453. The molecule has 7 heteroatoms. The van der Waals surface area contributed by atoms with Gasteiger partial charge in [-0.2, -0.15) is 0 Å². The fourth-order valence-corrected chi connectivity index (χ4v) is 5.16. The third-order valence-electron chi connectivity index (χ3n) is 6.47. The van der Waals surface area contributed by atoms with Crippen LogP contribution in [0, 0.1) is 11.8 Å². The van der Waals surface area contributed by atoms with Gasteiger partial charge in [-0.1, -0.05) is 25.1 Å². The van der Waals surface area contributed by atoms with Crippen molar-refractivity contribution in [3.05, 3.63) is 69.9 Å². The van der Waals surface area contributed by atoms with Crippen LogP contribution in [-0.4, -0.2) is 44.7 Å². The molecule has 2 aromatic rings. The minimum Gasteiger partial charge on any atom is -0.396 e. The summed E-state index contributed by atoms with van der Waals surface area (Å²) in [5, 5.41) is 13.3. The van der Waals surface area contributed by atoms with Crippen molar-refractivity contribution in [3.8, 4) is 0 Å². The number of amides is 1. The number of carbonyl (C=O) groups excluding carboxylic acids is 1. The lowest BCUT2D eigenvalue weighted by atomic mass is 9.88. The van der Waals surface area contributed by atoms with Gasteiger partial charge in [-0.15, -0.1) is 0 Å². The summed E-state index contributed by atoms with van der Waals surface area (Å²) >= 11 is 0. The number of aliphatic hydroxyl groups excluding tert-OH is 1. The van der Waals surface area contributed by atoms with E-state index in [0.717, 1.165) is 17.7 Å². The second-order valence-corrected chi connectivity index (χ2v) is 8.35. The van der Waals surface area contributed by atoms with Gasteiger partial charge in [0.05, 0.1) is 12.1 Å². The van der Waals surface area contributed by atoms with Gasteiger partial charge < -0.3 is 15.0 Å². The molecule has 4 heterocycles. The SMILES string of the molecule is C/C=C\c1ccc2n(c1=O)C[C@H]1[C@H](CO)[C@@H](C(=O)NCCC)N(Cc3cccnc3)[C@@H]21. The Balaban J connectivity index is 1.77. The first-order chi connectivity index (χ1) is 15.1. The second kappa shape index (κ2) is 9.16. The number of hydrogen-bond donors (Lipinski definition) is 2. The van der Waals surface area contributed by atoms with E-state index in [4.69, 9.17) is 0 Å². The molecule has 1 fully saturated rings. The Hall–Kier alpha value is -2.77. The van der Waals surface area contributed by atoms with E-state index in [1.54, 1.807) is 12.4 Å². The monoisotopic (exact) mass is 422 g/mol. The maximum absolute atomic E-state index is 13.2. The molecule has 2 aliphatic rings. The molecule has 164 valence electrons. The topological polar surface area (TPSA) is 87.5 Å². The zero-order valence-electron chi connectivity index (χ0n) is 18.1. The van der Waals surface area contributed by atoms with Crippen LogP contribution in [0.15, 0.2) is 47.5 Å². The molecular formula is C24H30N4O3. The van der Waals surface area contributed by atoms with E-state index in [-0.39, 0.29) is 36.0 Å². The highest BCUT2D eigenvalue weighted by Gasteiger charge is 2.55. The summed E-state index contributed by atoms with van der Waals surface area (Å²) in [4.78, 5) is 32.6. The lowest BCUT2D eigenvalue weighted by Gasteiger charge is -2.30. The van der Waals surface area contributed by atoms with Crippen LogP contribution < -0.4 is 10.9 Å². The lowest BCUT2D eigenvalue weighted by Crippen LogP contribution is -2.48. The zero-order valence-corrected chi connectivity index (χ0v) is 18.1. The first-order valence-corrected chi connectivity index (χ1v) is 11.0. The van der Waals surface area contributed by atoms with Crippen LogP contribution >= 0.6 is 0 Å². The maximum Gasteiger partial charge on any atom is 0.258 e. The molecule has 0 bridgehead atoms. The van der Waals surface area contributed by atoms with E-state index in [9.17, 15) is 14.7 Å². The summed E-state index contributed by atoms with van der Waals surface area (Å²) in [6.07, 6.45) is 8.06. The Morgan fingerprint density at radius 2 is 2.19 bits per heavy atom. The van der Waals surface area contributed by atoms with E-state index in [1.807, 2.05) is 54.8 Å². The number of hydrogen-bond acceptors (Lipinski definition) is 5. The molecule has 0 radical (unpaired) electrons. The van der Waals surface area contributed by atoms with Crippen LogP contribution in [0.1, 0.15) is 43.1 Å². The Labute approximate surface area is 182 Å². The fourth-order valence-electron chi connectivity index (χ4n) is 5.16. The molecule has 0 saturated carbocycles. The number of nitrogens with one attached hydrogen (secondary N) is 1. The Bertz CT molecular complexity index is 1020. The van der Waals surface area contributed by atoms with Crippen LogP contribution in [0.2, 0.25) is 0 Å². The van der Waals surface area contributed by atoms with Crippen molar-refractivity contribution in [2.75, 3.05) is 13.2 Å². The van der Waals surface area contributed by atoms with Crippen LogP contribution in [0.4, 0.5) is 0 Å². The highest BCUT2D eigenvalue weighted by Crippen LogP contribution is 2.49. The molecule has 2 N–H and O–H groups in total. The summed E-state index contributed by atoms with van der Waals surface area (Å²) in [7, 11) is 0. The summed E-state index contributed by atoms with van der Waals surface area (Å²) < 4.78 is 1.82. The summed E-state index contributed by atoms with van der Waals surface area (Å²) in [5.41, 5.74) is 2.55. The largest absolute Gasteiger partial charge is 0.396 e. The molecule has 0 aliphatic carbocycles. The molecule has 1 saturated heterocycles. The molecule has 7 nitrogen and oxygen atoms in total. The van der Waals surface area contributed by atoms with Gasteiger partial charge in [0.2, 0.25) is 5.91 Å². The predicted octanol–water partition coefficient (Wildman–Crippen LogP) is 1.97. The average Bonchev–Trinajstić information content (AvgIpc) is 3.30. The van der Waals surface area contributed by atoms with Crippen molar-refractivity contribution in [1.29, 1.82) is 0 Å². The van der Waals surface area contributed by atoms with Crippen molar-refractivity contribution in [2.24, 2.45) is 11.8 Å². The van der Waals surface area contributed by atoms with Crippen molar-refractivity contribution in [3.63, 3.8) is 0 Å². The summed E-state index contributed by atoms with van der Waals surface area (Å²) in [6.45, 7) is 5.46. The van der Waals surface area contributed by atoms with Gasteiger partial charge in [0.15, 0.2) is 0 Å². The molecule has 0 unspecified atom stereocenters. The molecule has 0 aromatic carbocycles. The Morgan fingerprint density at radius 3 is 2.87 bits per heavy atom. The van der Waals surface area contributed by atoms with Crippen LogP contribution in [-0.2, 0) is 17.9 Å². The molecule has 4 atom stereocenters. The predicted molar refractivity (Wildman–Crippen MR) is 119 cm³/mol. The number of likely N-dealkylation sites (tertiary alicyclic amines) is 1. The van der Waals surface area contributed by atoms with Gasteiger partial charge >= 0.3 is 0 Å². The quantitative estimate of drug-likeness (QED) is 0.712. The molecule has 2 aromatic heterocycles. The van der Waals surface area contributed by atoms with Gasteiger partial charge in [0, 0.05) is 61.7 Å². The molecular weight excluding hydrogens is 392 g/mol. The first kappa shape index (κ1) is 21.5. The van der Waals surface area contributed by atoms with Crippen LogP contribution in [0.5, 0.6) is 0 Å². The Kier molecular flexibility index (Phi) is 6.34. The first-order valence-electron chi connectivity index (χ1n) is 11.0. The fraction of sp³-hybridized carbons (Fsp3) is 0.458. The van der Waals surface area contributed by atoms with E-state index in [2.05, 4.69) is 15.2 Å². The van der Waals surface area contributed by atoms with Crippen molar-refractivity contribution in [2.45, 2.75) is 45.4 Å². The smallest absolute Gasteiger partial charge is 0.258 e. The van der Waals surface area contributed by atoms with Gasteiger partial charge in [0.1, 0.15) is 0 Å². The molecule has 31 heavy (non-hydrogen) atoms. The summed E-state index contributed by atoms with van der Waals surface area (Å²) in [5.74, 6) is -0.311. The van der Waals surface area contributed by atoms with Crippen molar-refractivity contribution in [1.82, 2.24) is 19.8 Å². The average molecular weight is 423 g/mol. The molecule has 1 amide bonds. The second-order valence-electron chi connectivity index (χ2n) is 8.35. The maximum atomic E-state index is 13.2. The van der Waals surface area contributed by atoms with E-state index in [0.29, 0.717) is 25.2 Å². The third kappa shape index (κ3) is 3.83. The zero-order chi connectivity index (χ0) is 22.0. The van der Waals surface area contributed by atoms with E-state index >= 15 is 0 Å². The Morgan fingerprint density at radius 1 is 1.35 bits per heavy atom. The highest BCUT2D eigenvalue weighted by atomic mass is 16.3. The van der Waals surface area contributed by atoms with Crippen LogP contribution in [0.25, 0.3) is 6.08 Å². The number of aliphatic hydroxyl groups is 1. The van der Waals surface area contributed by atoms with E-state index in [1.165, 1.54) is 0 Å². The standard InChI is InChI=1S/C24H30N4O3/c1-3-6-17-8-9-20-21-18(14-27(20)24(17)31)19(15-29)22(23(30)26-10-4-2)28(21)13-16-7-5-11-25-12-16/h3,5-9,11-12,18-19,21-22,29H,4,10,13-15H2,1-2H3,(H,26,30)/b6-3-/t18-,19-,21+,22-/m0/s1. The van der Waals surface area contributed by atoms with Crippen molar-refractivity contribution < 1.29 is 9.90 Å². The van der Waals surface area contributed by atoms with E-state index < -0.39 is 6.04 Å². The number of carbonyl (C=O) groups is 1. The lowest BCUT2D eigenvalue weighted by molar-refractivity contribution is -0.128.